The molecule has 0 aromatic heterocycles. The van der Waals surface area contributed by atoms with E-state index in [4.69, 9.17) is 9.47 Å². The molecule has 1 aromatic rings. The van der Waals surface area contributed by atoms with Crippen LogP contribution in [0.25, 0.3) is 0 Å². The van der Waals surface area contributed by atoms with E-state index >= 15 is 0 Å². The zero-order chi connectivity index (χ0) is 15.1. The molecule has 0 unspecified atom stereocenters. The lowest BCUT2D eigenvalue weighted by molar-refractivity contribution is 0.140. The number of hydrogen-bond donors (Lipinski definition) is 1. The largest absolute Gasteiger partial charge is 0.493 e. The van der Waals surface area contributed by atoms with Crippen molar-refractivity contribution in [3.05, 3.63) is 18.2 Å². The van der Waals surface area contributed by atoms with Crippen LogP contribution in [-0.2, 0) is 0 Å². The zero-order valence-corrected chi connectivity index (χ0v) is 13.6. The van der Waals surface area contributed by atoms with Crippen LogP contribution < -0.4 is 14.8 Å². The van der Waals surface area contributed by atoms with Gasteiger partial charge in [-0.1, -0.05) is 0 Å². The van der Waals surface area contributed by atoms with Crippen LogP contribution in [-0.4, -0.2) is 44.3 Å². The Morgan fingerprint density at radius 2 is 1.75 bits per heavy atom. The summed E-state index contributed by atoms with van der Waals surface area (Å²) in [6, 6.07) is 6.89. The first-order chi connectivity index (χ1) is 9.49. The van der Waals surface area contributed by atoms with Crippen LogP contribution in [0.5, 0.6) is 11.5 Å². The molecule has 0 aliphatic carbocycles. The molecule has 4 nitrogen and oxygen atoms in total. The average Bonchev–Trinajstić information content (AvgIpc) is 2.42. The van der Waals surface area contributed by atoms with Crippen molar-refractivity contribution in [1.82, 2.24) is 4.90 Å². The Morgan fingerprint density at radius 3 is 2.25 bits per heavy atom. The average molecular weight is 280 g/mol. The van der Waals surface area contributed by atoms with Crippen LogP contribution in [0.2, 0.25) is 0 Å². The van der Waals surface area contributed by atoms with E-state index in [0.29, 0.717) is 18.7 Å². The maximum atomic E-state index is 5.89. The molecule has 4 heteroatoms. The van der Waals surface area contributed by atoms with Crippen molar-refractivity contribution < 1.29 is 9.47 Å². The summed E-state index contributed by atoms with van der Waals surface area (Å²) < 4.78 is 11.2. The standard InChI is InChI=1S/C16H28N2O2/c1-12(2)18(13(3)4)9-10-20-16-11-14(17-5)7-8-15(16)19-6/h7-8,11-13,17H,9-10H2,1-6H3. The highest BCUT2D eigenvalue weighted by Gasteiger charge is 2.13. The maximum Gasteiger partial charge on any atom is 0.163 e. The van der Waals surface area contributed by atoms with Crippen LogP contribution in [0.15, 0.2) is 18.2 Å². The SMILES string of the molecule is CNc1ccc(OC)c(OCCN(C(C)C)C(C)C)c1. The number of nitrogens with zero attached hydrogens (tertiary/aromatic N) is 1. The summed E-state index contributed by atoms with van der Waals surface area (Å²) >= 11 is 0. The van der Waals surface area contributed by atoms with Gasteiger partial charge < -0.3 is 14.8 Å². The second kappa shape index (κ2) is 8.00. The highest BCUT2D eigenvalue weighted by atomic mass is 16.5. The van der Waals surface area contributed by atoms with Gasteiger partial charge in [0.25, 0.3) is 0 Å². The Labute approximate surface area is 123 Å². The predicted molar refractivity (Wildman–Crippen MR) is 85.0 cm³/mol. The molecule has 0 amide bonds. The van der Waals surface area contributed by atoms with Gasteiger partial charge in [-0.05, 0) is 39.8 Å². The molecule has 1 rings (SSSR count). The summed E-state index contributed by atoms with van der Waals surface area (Å²) in [7, 11) is 3.56. The Hall–Kier alpha value is -1.42. The van der Waals surface area contributed by atoms with Gasteiger partial charge in [0.05, 0.1) is 7.11 Å². The molecule has 0 radical (unpaired) electrons. The Morgan fingerprint density at radius 1 is 1.10 bits per heavy atom. The third kappa shape index (κ3) is 4.60. The van der Waals surface area contributed by atoms with Crippen LogP contribution >= 0.6 is 0 Å². The summed E-state index contributed by atoms with van der Waals surface area (Å²) in [4.78, 5) is 2.41. The Kier molecular flexibility index (Phi) is 6.65. The third-order valence-electron chi connectivity index (χ3n) is 3.39. The number of rotatable bonds is 8. The summed E-state index contributed by atoms with van der Waals surface area (Å²) in [5.41, 5.74) is 1.02. The number of methoxy groups -OCH3 is 1. The summed E-state index contributed by atoms with van der Waals surface area (Å²) in [5.74, 6) is 1.55. The van der Waals surface area contributed by atoms with Gasteiger partial charge in [-0.15, -0.1) is 0 Å². The minimum absolute atomic E-state index is 0.518. The summed E-state index contributed by atoms with van der Waals surface area (Å²) in [6.45, 7) is 10.4. The van der Waals surface area contributed by atoms with Crippen molar-refractivity contribution in [2.45, 2.75) is 39.8 Å². The number of benzene rings is 1. The van der Waals surface area contributed by atoms with Crippen molar-refractivity contribution in [2.75, 3.05) is 32.6 Å². The first-order valence-corrected chi connectivity index (χ1v) is 7.24. The van der Waals surface area contributed by atoms with E-state index in [2.05, 4.69) is 37.9 Å². The van der Waals surface area contributed by atoms with Crippen LogP contribution in [0, 0.1) is 0 Å². The van der Waals surface area contributed by atoms with Gasteiger partial charge >= 0.3 is 0 Å². The van der Waals surface area contributed by atoms with E-state index in [9.17, 15) is 0 Å². The molecule has 0 saturated heterocycles. The molecule has 0 fully saturated rings. The first-order valence-electron chi connectivity index (χ1n) is 7.24. The normalized spacial score (nSPS) is 11.2. The van der Waals surface area contributed by atoms with Gasteiger partial charge in [-0.25, -0.2) is 0 Å². The summed E-state index contributed by atoms with van der Waals surface area (Å²) in [5, 5.41) is 3.11. The second-order valence-electron chi connectivity index (χ2n) is 5.39. The molecule has 1 aromatic carbocycles. The molecule has 0 aliphatic heterocycles. The topological polar surface area (TPSA) is 33.7 Å². The van der Waals surface area contributed by atoms with E-state index in [0.717, 1.165) is 23.7 Å². The fourth-order valence-corrected chi connectivity index (χ4v) is 2.32. The molecule has 0 heterocycles. The van der Waals surface area contributed by atoms with E-state index in [-0.39, 0.29) is 0 Å². The van der Waals surface area contributed by atoms with Crippen LogP contribution in [0.3, 0.4) is 0 Å². The lowest BCUT2D eigenvalue weighted by Gasteiger charge is -2.30. The molecule has 20 heavy (non-hydrogen) atoms. The highest BCUT2D eigenvalue weighted by Crippen LogP contribution is 2.30. The van der Waals surface area contributed by atoms with Gasteiger partial charge in [-0.2, -0.15) is 0 Å². The van der Waals surface area contributed by atoms with Crippen molar-refractivity contribution in [3.8, 4) is 11.5 Å². The van der Waals surface area contributed by atoms with Crippen LogP contribution in [0.1, 0.15) is 27.7 Å². The van der Waals surface area contributed by atoms with Crippen molar-refractivity contribution >= 4 is 5.69 Å². The van der Waals surface area contributed by atoms with Gasteiger partial charge in [0.15, 0.2) is 11.5 Å². The lowest BCUT2D eigenvalue weighted by Crippen LogP contribution is -2.39. The number of nitrogens with one attached hydrogen (secondary N) is 1. The quantitative estimate of drug-likeness (QED) is 0.792. The van der Waals surface area contributed by atoms with E-state index < -0.39 is 0 Å². The maximum absolute atomic E-state index is 5.89. The first kappa shape index (κ1) is 16.6. The number of anilines is 1. The van der Waals surface area contributed by atoms with Gasteiger partial charge in [0, 0.05) is 37.4 Å². The minimum Gasteiger partial charge on any atom is -0.493 e. The molecule has 1 N–H and O–H groups in total. The second-order valence-corrected chi connectivity index (χ2v) is 5.39. The third-order valence-corrected chi connectivity index (χ3v) is 3.39. The molecule has 114 valence electrons. The molecular weight excluding hydrogens is 252 g/mol. The fourth-order valence-electron chi connectivity index (χ4n) is 2.32. The van der Waals surface area contributed by atoms with E-state index in [1.165, 1.54) is 0 Å². The molecular formula is C16H28N2O2. The molecule has 0 spiro atoms. The lowest BCUT2D eigenvalue weighted by atomic mass is 10.2. The molecule has 0 atom stereocenters. The highest BCUT2D eigenvalue weighted by molar-refractivity contribution is 5.54. The zero-order valence-electron chi connectivity index (χ0n) is 13.6. The minimum atomic E-state index is 0.518. The van der Waals surface area contributed by atoms with E-state index in [1.54, 1.807) is 7.11 Å². The van der Waals surface area contributed by atoms with Gasteiger partial charge in [0.1, 0.15) is 6.61 Å². The predicted octanol–water partition coefficient (Wildman–Crippen LogP) is 3.23. The monoisotopic (exact) mass is 280 g/mol. The fraction of sp³-hybridized carbons (Fsp3) is 0.625. The Bertz CT molecular complexity index is 397. The van der Waals surface area contributed by atoms with Gasteiger partial charge in [0.2, 0.25) is 0 Å². The molecule has 0 bridgehead atoms. The number of ether oxygens (including phenoxy) is 2. The molecule has 0 aliphatic rings. The van der Waals surface area contributed by atoms with Crippen LogP contribution in [0.4, 0.5) is 5.69 Å². The van der Waals surface area contributed by atoms with Crippen molar-refractivity contribution in [2.24, 2.45) is 0 Å². The van der Waals surface area contributed by atoms with Gasteiger partial charge in [-0.3, -0.25) is 4.90 Å². The smallest absolute Gasteiger partial charge is 0.163 e. The molecule has 0 saturated carbocycles. The Balaban J connectivity index is 2.64. The van der Waals surface area contributed by atoms with Crippen molar-refractivity contribution in [1.29, 1.82) is 0 Å². The van der Waals surface area contributed by atoms with E-state index in [1.807, 2.05) is 25.2 Å². The summed E-state index contributed by atoms with van der Waals surface area (Å²) in [6.07, 6.45) is 0. The van der Waals surface area contributed by atoms with Crippen molar-refractivity contribution in [3.63, 3.8) is 0 Å². The number of hydrogen-bond acceptors (Lipinski definition) is 4.